The molecule has 1 rings (SSSR count). The Kier molecular flexibility index (Phi) is 2.88. The Morgan fingerprint density at radius 2 is 2.18 bits per heavy atom. The van der Waals surface area contributed by atoms with Gasteiger partial charge >= 0.3 is 5.97 Å². The number of hydrogen-bond acceptors (Lipinski definition) is 2. The molecular weight excluding hydrogens is 144 g/mol. The van der Waals surface area contributed by atoms with Crippen molar-refractivity contribution >= 4 is 5.97 Å². The van der Waals surface area contributed by atoms with Gasteiger partial charge in [0.1, 0.15) is 0 Å². The summed E-state index contributed by atoms with van der Waals surface area (Å²) in [4.78, 5) is 10.5. The zero-order chi connectivity index (χ0) is 8.27. The van der Waals surface area contributed by atoms with Crippen LogP contribution in [0.5, 0.6) is 0 Å². The number of aliphatic hydroxyl groups is 1. The first-order valence-corrected chi connectivity index (χ1v) is 4.07. The second-order valence-electron chi connectivity index (χ2n) is 3.25. The highest BCUT2D eigenvalue weighted by molar-refractivity contribution is 5.70. The van der Waals surface area contributed by atoms with E-state index in [1.54, 1.807) is 0 Å². The van der Waals surface area contributed by atoms with Crippen LogP contribution in [0.2, 0.25) is 0 Å². The van der Waals surface area contributed by atoms with Crippen LogP contribution < -0.4 is 0 Å². The first-order chi connectivity index (χ1) is 5.24. The Bertz CT molecular complexity index is 144. The molecule has 1 aliphatic carbocycles. The highest BCUT2D eigenvalue weighted by Crippen LogP contribution is 2.28. The van der Waals surface area contributed by atoms with Crippen LogP contribution >= 0.6 is 0 Å². The molecule has 2 atom stereocenters. The zero-order valence-electron chi connectivity index (χ0n) is 6.49. The Balaban J connectivity index is 2.39. The average molecular weight is 158 g/mol. The monoisotopic (exact) mass is 158 g/mol. The van der Waals surface area contributed by atoms with E-state index in [0.29, 0.717) is 6.42 Å². The molecule has 0 aliphatic heterocycles. The van der Waals surface area contributed by atoms with Gasteiger partial charge in [-0.05, 0) is 25.2 Å². The Labute approximate surface area is 66.0 Å². The molecule has 1 saturated carbocycles. The lowest BCUT2D eigenvalue weighted by Gasteiger charge is -2.24. The summed E-state index contributed by atoms with van der Waals surface area (Å²) >= 11 is 0. The highest BCUT2D eigenvalue weighted by atomic mass is 16.4. The van der Waals surface area contributed by atoms with Crippen molar-refractivity contribution in [3.05, 3.63) is 0 Å². The number of aliphatic hydroxyl groups excluding tert-OH is 1. The molecule has 64 valence electrons. The van der Waals surface area contributed by atoms with E-state index in [-0.39, 0.29) is 18.4 Å². The summed E-state index contributed by atoms with van der Waals surface area (Å²) in [6, 6.07) is 0. The minimum atomic E-state index is -0.705. The molecule has 1 fully saturated rings. The molecule has 0 heterocycles. The van der Waals surface area contributed by atoms with Gasteiger partial charge in [-0.15, -0.1) is 0 Å². The largest absolute Gasteiger partial charge is 0.481 e. The van der Waals surface area contributed by atoms with Gasteiger partial charge in [0.05, 0.1) is 5.92 Å². The van der Waals surface area contributed by atoms with Gasteiger partial charge in [-0.2, -0.15) is 0 Å². The van der Waals surface area contributed by atoms with E-state index in [4.69, 9.17) is 10.2 Å². The van der Waals surface area contributed by atoms with E-state index < -0.39 is 5.97 Å². The van der Waals surface area contributed by atoms with Crippen molar-refractivity contribution in [2.75, 3.05) is 6.61 Å². The third kappa shape index (κ3) is 2.19. The molecule has 0 amide bonds. The smallest absolute Gasteiger partial charge is 0.306 e. The van der Waals surface area contributed by atoms with Gasteiger partial charge in [0.25, 0.3) is 0 Å². The molecule has 0 spiro atoms. The van der Waals surface area contributed by atoms with Gasteiger partial charge in [0.2, 0.25) is 0 Å². The third-order valence-corrected chi connectivity index (χ3v) is 2.39. The molecule has 3 nitrogen and oxygen atoms in total. The van der Waals surface area contributed by atoms with E-state index in [1.165, 1.54) is 0 Å². The second kappa shape index (κ2) is 3.72. The SMILES string of the molecule is O=C(O)[C@@H]1CCC[C@@H](CO)C1. The van der Waals surface area contributed by atoms with Crippen LogP contribution in [-0.4, -0.2) is 22.8 Å². The standard InChI is InChI=1S/C8H14O3/c9-5-6-2-1-3-7(4-6)8(10)11/h6-7,9H,1-5H2,(H,10,11)/t6-,7-/m1/s1. The van der Waals surface area contributed by atoms with Crippen LogP contribution in [0.4, 0.5) is 0 Å². The van der Waals surface area contributed by atoms with Crippen LogP contribution in [0.3, 0.4) is 0 Å². The summed E-state index contributed by atoms with van der Waals surface area (Å²) in [6.07, 6.45) is 3.38. The van der Waals surface area contributed by atoms with Gasteiger partial charge in [-0.3, -0.25) is 4.79 Å². The molecule has 0 aromatic heterocycles. The van der Waals surface area contributed by atoms with Crippen molar-refractivity contribution in [1.82, 2.24) is 0 Å². The molecule has 1 aliphatic rings. The first-order valence-electron chi connectivity index (χ1n) is 4.07. The molecule has 0 radical (unpaired) electrons. The maximum absolute atomic E-state index is 10.5. The van der Waals surface area contributed by atoms with Gasteiger partial charge in [-0.1, -0.05) is 6.42 Å². The summed E-state index contributed by atoms with van der Waals surface area (Å²) in [7, 11) is 0. The minimum Gasteiger partial charge on any atom is -0.481 e. The molecule has 0 aromatic carbocycles. The molecule has 3 heteroatoms. The van der Waals surface area contributed by atoms with Gasteiger partial charge in [0, 0.05) is 6.61 Å². The topological polar surface area (TPSA) is 57.5 Å². The lowest BCUT2D eigenvalue weighted by molar-refractivity contribution is -0.143. The summed E-state index contributed by atoms with van der Waals surface area (Å²) in [5, 5.41) is 17.5. The van der Waals surface area contributed by atoms with Crippen molar-refractivity contribution in [1.29, 1.82) is 0 Å². The molecule has 2 N–H and O–H groups in total. The minimum absolute atomic E-state index is 0.143. The van der Waals surface area contributed by atoms with E-state index in [9.17, 15) is 4.79 Å². The predicted molar refractivity (Wildman–Crippen MR) is 40.2 cm³/mol. The van der Waals surface area contributed by atoms with Gasteiger partial charge in [-0.25, -0.2) is 0 Å². The third-order valence-electron chi connectivity index (χ3n) is 2.39. The predicted octanol–water partition coefficient (Wildman–Crippen LogP) is 0.870. The Morgan fingerprint density at radius 3 is 2.73 bits per heavy atom. The van der Waals surface area contributed by atoms with E-state index >= 15 is 0 Å². The number of carboxylic acid groups (broad SMARTS) is 1. The molecule has 0 unspecified atom stereocenters. The van der Waals surface area contributed by atoms with Crippen LogP contribution in [0.15, 0.2) is 0 Å². The van der Waals surface area contributed by atoms with Crippen LogP contribution in [0.1, 0.15) is 25.7 Å². The van der Waals surface area contributed by atoms with Crippen molar-refractivity contribution in [2.24, 2.45) is 11.8 Å². The molecular formula is C8H14O3. The van der Waals surface area contributed by atoms with Crippen molar-refractivity contribution < 1.29 is 15.0 Å². The quantitative estimate of drug-likeness (QED) is 0.627. The summed E-state index contributed by atoms with van der Waals surface area (Å²) in [5.41, 5.74) is 0. The van der Waals surface area contributed by atoms with Crippen molar-refractivity contribution in [3.8, 4) is 0 Å². The highest BCUT2D eigenvalue weighted by Gasteiger charge is 2.25. The second-order valence-corrected chi connectivity index (χ2v) is 3.25. The van der Waals surface area contributed by atoms with Crippen molar-refractivity contribution in [3.63, 3.8) is 0 Å². The fourth-order valence-electron chi connectivity index (χ4n) is 1.68. The van der Waals surface area contributed by atoms with Gasteiger partial charge in [0.15, 0.2) is 0 Å². The van der Waals surface area contributed by atoms with E-state index in [0.717, 1.165) is 19.3 Å². The number of hydrogen-bond donors (Lipinski definition) is 2. The van der Waals surface area contributed by atoms with Crippen LogP contribution in [0, 0.1) is 11.8 Å². The maximum Gasteiger partial charge on any atom is 0.306 e. The molecule has 0 saturated heterocycles. The fraction of sp³-hybridized carbons (Fsp3) is 0.875. The number of carboxylic acids is 1. The van der Waals surface area contributed by atoms with E-state index in [2.05, 4.69) is 0 Å². The van der Waals surface area contributed by atoms with Crippen LogP contribution in [0.25, 0.3) is 0 Å². The van der Waals surface area contributed by atoms with Gasteiger partial charge < -0.3 is 10.2 Å². The zero-order valence-corrected chi connectivity index (χ0v) is 6.49. The summed E-state index contributed by atoms with van der Waals surface area (Å²) in [6.45, 7) is 0.143. The number of carbonyl (C=O) groups is 1. The number of rotatable bonds is 2. The summed E-state index contributed by atoms with van der Waals surface area (Å²) in [5.74, 6) is -0.686. The maximum atomic E-state index is 10.5. The number of aliphatic carboxylic acids is 1. The van der Waals surface area contributed by atoms with E-state index in [1.807, 2.05) is 0 Å². The van der Waals surface area contributed by atoms with Crippen molar-refractivity contribution in [2.45, 2.75) is 25.7 Å². The lowest BCUT2D eigenvalue weighted by Crippen LogP contribution is -2.24. The molecule has 0 aromatic rings. The first kappa shape index (κ1) is 8.53. The average Bonchev–Trinajstić information content (AvgIpc) is 2.05. The molecule has 0 bridgehead atoms. The summed E-state index contributed by atoms with van der Waals surface area (Å²) < 4.78 is 0. The normalized spacial score (nSPS) is 31.7. The lowest BCUT2D eigenvalue weighted by atomic mass is 9.82. The Hall–Kier alpha value is -0.570. The Morgan fingerprint density at radius 1 is 1.45 bits per heavy atom. The van der Waals surface area contributed by atoms with Crippen LogP contribution in [-0.2, 0) is 4.79 Å². The molecule has 11 heavy (non-hydrogen) atoms. The fourth-order valence-corrected chi connectivity index (χ4v) is 1.68.